The van der Waals surface area contributed by atoms with Gasteiger partial charge in [-0.05, 0) is 61.4 Å². The highest BCUT2D eigenvalue weighted by atomic mass is 32.2. The molecule has 1 aromatic heterocycles. The minimum Gasteiger partial charge on any atom is -0.480 e. The first-order chi connectivity index (χ1) is 12.9. The van der Waals surface area contributed by atoms with E-state index in [-0.39, 0.29) is 0 Å². The average molecular weight is 382 g/mol. The van der Waals surface area contributed by atoms with Crippen molar-refractivity contribution in [1.82, 2.24) is 14.8 Å². The van der Waals surface area contributed by atoms with Gasteiger partial charge < -0.3 is 9.67 Å². The Bertz CT molecular complexity index is 1020. The number of nitrogens with zero attached hydrogens (tertiary/aromatic N) is 3. The van der Waals surface area contributed by atoms with Gasteiger partial charge in [0.25, 0.3) is 0 Å². The van der Waals surface area contributed by atoms with Crippen molar-refractivity contribution in [3.63, 3.8) is 0 Å². The quantitative estimate of drug-likeness (QED) is 0.631. The van der Waals surface area contributed by atoms with E-state index >= 15 is 0 Å². The van der Waals surface area contributed by atoms with Crippen LogP contribution in [0.4, 0.5) is 0 Å². The van der Waals surface area contributed by atoms with Crippen molar-refractivity contribution in [3.05, 3.63) is 53.3 Å². The molecule has 0 bridgehead atoms. The number of carbonyl (C=O) groups is 1. The Morgan fingerprint density at radius 2 is 1.89 bits per heavy atom. The number of hydrogen-bond donors (Lipinski definition) is 1. The van der Waals surface area contributed by atoms with Gasteiger partial charge in [-0.3, -0.25) is 4.79 Å². The number of aromatic nitrogens is 3. The summed E-state index contributed by atoms with van der Waals surface area (Å²) < 4.78 is 1.04. The number of aliphatic carboxylic acids is 1. The second-order valence-corrected chi connectivity index (χ2v) is 9.26. The monoisotopic (exact) mass is 381 g/mol. The predicted octanol–water partition coefficient (Wildman–Crippen LogP) is 4.62. The molecule has 1 heterocycles. The summed E-state index contributed by atoms with van der Waals surface area (Å²) >= 11 is 1.23. The summed E-state index contributed by atoms with van der Waals surface area (Å²) in [6, 6.07) is 13.0. The summed E-state index contributed by atoms with van der Waals surface area (Å²) in [5.74, 6) is 0.621. The van der Waals surface area contributed by atoms with Crippen LogP contribution < -0.4 is 0 Å². The number of benzene rings is 2. The van der Waals surface area contributed by atoms with Crippen molar-refractivity contribution in [3.8, 4) is 0 Å². The predicted molar refractivity (Wildman–Crippen MR) is 107 cm³/mol. The van der Waals surface area contributed by atoms with E-state index in [0.717, 1.165) is 5.82 Å². The van der Waals surface area contributed by atoms with E-state index in [4.69, 9.17) is 0 Å². The number of fused-ring (bicyclic) bond motifs is 1. The van der Waals surface area contributed by atoms with Gasteiger partial charge in [-0.15, -0.1) is 10.2 Å². The van der Waals surface area contributed by atoms with Crippen LogP contribution in [-0.2, 0) is 11.3 Å². The Morgan fingerprint density at radius 1 is 1.19 bits per heavy atom. The van der Waals surface area contributed by atoms with E-state index < -0.39 is 10.7 Å². The molecule has 4 rings (SSSR count). The second-order valence-electron chi connectivity index (χ2n) is 7.67. The molecule has 3 aromatic rings. The SMILES string of the molecule is Cc1nnc(SC(C)(C)C(=O)O)n1Cc1ccc(C2CC2)c2ccccc12. The minimum absolute atomic E-state index is 0.627. The van der Waals surface area contributed by atoms with Gasteiger partial charge in [0.1, 0.15) is 10.6 Å². The van der Waals surface area contributed by atoms with Crippen LogP contribution in [0.2, 0.25) is 0 Å². The van der Waals surface area contributed by atoms with Crippen molar-refractivity contribution < 1.29 is 9.90 Å². The van der Waals surface area contributed by atoms with Crippen LogP contribution >= 0.6 is 11.8 Å². The molecule has 1 aliphatic rings. The molecular formula is C21H23N3O2S. The van der Waals surface area contributed by atoms with E-state index in [1.165, 1.54) is 46.5 Å². The lowest BCUT2D eigenvalue weighted by Gasteiger charge is -2.19. The van der Waals surface area contributed by atoms with Gasteiger partial charge in [-0.25, -0.2) is 0 Å². The van der Waals surface area contributed by atoms with Crippen molar-refractivity contribution in [2.75, 3.05) is 0 Å². The van der Waals surface area contributed by atoms with Crippen LogP contribution in [0.25, 0.3) is 10.8 Å². The smallest absolute Gasteiger partial charge is 0.319 e. The summed E-state index contributed by atoms with van der Waals surface area (Å²) in [5, 5.41) is 21.1. The first-order valence-corrected chi connectivity index (χ1v) is 10.0. The van der Waals surface area contributed by atoms with Crippen LogP contribution in [0.15, 0.2) is 41.6 Å². The third-order valence-corrected chi connectivity index (χ3v) is 6.33. The van der Waals surface area contributed by atoms with Gasteiger partial charge in [0.2, 0.25) is 0 Å². The summed E-state index contributed by atoms with van der Waals surface area (Å²) in [4.78, 5) is 11.5. The molecule has 0 radical (unpaired) electrons. The van der Waals surface area contributed by atoms with Crippen molar-refractivity contribution in [2.24, 2.45) is 0 Å². The molecule has 1 saturated carbocycles. The van der Waals surface area contributed by atoms with Gasteiger partial charge >= 0.3 is 5.97 Å². The molecule has 2 aromatic carbocycles. The zero-order valence-corrected chi connectivity index (χ0v) is 16.6. The molecule has 27 heavy (non-hydrogen) atoms. The van der Waals surface area contributed by atoms with Crippen LogP contribution in [-0.4, -0.2) is 30.6 Å². The normalized spacial score (nSPS) is 14.6. The highest BCUT2D eigenvalue weighted by molar-refractivity contribution is 8.01. The fraction of sp³-hybridized carbons (Fsp3) is 0.381. The van der Waals surface area contributed by atoms with Crippen LogP contribution in [0.3, 0.4) is 0 Å². The molecule has 0 spiro atoms. The fourth-order valence-electron chi connectivity index (χ4n) is 3.33. The molecule has 1 fully saturated rings. The first-order valence-electron chi connectivity index (χ1n) is 9.19. The van der Waals surface area contributed by atoms with Gasteiger partial charge in [0, 0.05) is 0 Å². The summed E-state index contributed by atoms with van der Waals surface area (Å²) in [6.07, 6.45) is 2.55. The maximum Gasteiger partial charge on any atom is 0.319 e. The van der Waals surface area contributed by atoms with Crippen molar-refractivity contribution >= 4 is 28.5 Å². The largest absolute Gasteiger partial charge is 0.480 e. The number of rotatable bonds is 6. The Morgan fingerprint density at radius 3 is 2.56 bits per heavy atom. The van der Waals surface area contributed by atoms with Crippen LogP contribution in [0, 0.1) is 6.92 Å². The number of hydrogen-bond acceptors (Lipinski definition) is 4. The zero-order valence-electron chi connectivity index (χ0n) is 15.8. The summed E-state index contributed by atoms with van der Waals surface area (Å²) in [6.45, 7) is 5.91. The van der Waals surface area contributed by atoms with Crippen molar-refractivity contribution in [1.29, 1.82) is 0 Å². The number of carboxylic acid groups (broad SMARTS) is 1. The number of thioether (sulfide) groups is 1. The van der Waals surface area contributed by atoms with E-state index in [1.54, 1.807) is 13.8 Å². The molecular weight excluding hydrogens is 358 g/mol. The van der Waals surface area contributed by atoms with Gasteiger partial charge in [-0.1, -0.05) is 48.2 Å². The van der Waals surface area contributed by atoms with Gasteiger partial charge in [0.15, 0.2) is 5.16 Å². The minimum atomic E-state index is -0.963. The second kappa shape index (κ2) is 6.68. The zero-order chi connectivity index (χ0) is 19.2. The lowest BCUT2D eigenvalue weighted by molar-refractivity contribution is -0.138. The molecule has 6 heteroatoms. The summed E-state index contributed by atoms with van der Waals surface area (Å²) in [5.41, 5.74) is 2.64. The molecule has 1 aliphatic carbocycles. The van der Waals surface area contributed by atoms with Crippen molar-refractivity contribution in [2.45, 2.75) is 56.0 Å². The third kappa shape index (κ3) is 3.46. The molecule has 0 saturated heterocycles. The number of aryl methyl sites for hydroxylation is 1. The maximum absolute atomic E-state index is 11.5. The molecule has 140 valence electrons. The maximum atomic E-state index is 11.5. The number of carboxylic acids is 1. The van der Waals surface area contributed by atoms with Crippen LogP contribution in [0.5, 0.6) is 0 Å². The van der Waals surface area contributed by atoms with Crippen LogP contribution in [0.1, 0.15) is 49.6 Å². The Hall–Kier alpha value is -2.34. The molecule has 5 nitrogen and oxygen atoms in total. The third-order valence-electron chi connectivity index (χ3n) is 5.16. The first kappa shape index (κ1) is 18.0. The van der Waals surface area contributed by atoms with E-state index in [0.29, 0.717) is 17.6 Å². The van der Waals surface area contributed by atoms with Gasteiger partial charge in [0.05, 0.1) is 6.54 Å². The standard InChI is InChI=1S/C21H23N3O2S/c1-13-22-23-20(27-21(2,3)19(25)26)24(13)12-15-10-11-17(14-8-9-14)18-7-5-4-6-16(15)18/h4-7,10-11,14H,8-9,12H2,1-3H3,(H,25,26). The topological polar surface area (TPSA) is 68.0 Å². The Labute approximate surface area is 162 Å². The molecule has 0 unspecified atom stereocenters. The molecule has 0 aliphatic heterocycles. The molecule has 0 amide bonds. The van der Waals surface area contributed by atoms with E-state index in [1.807, 2.05) is 11.5 Å². The highest BCUT2D eigenvalue weighted by Gasteiger charge is 2.31. The Kier molecular flexibility index (Phi) is 4.46. The summed E-state index contributed by atoms with van der Waals surface area (Å²) in [7, 11) is 0. The van der Waals surface area contributed by atoms with Gasteiger partial charge in [-0.2, -0.15) is 0 Å². The lowest BCUT2D eigenvalue weighted by Crippen LogP contribution is -2.27. The highest BCUT2D eigenvalue weighted by Crippen LogP contribution is 2.43. The average Bonchev–Trinajstić information content (AvgIpc) is 3.42. The van der Waals surface area contributed by atoms with E-state index in [2.05, 4.69) is 46.6 Å². The fourth-order valence-corrected chi connectivity index (χ4v) is 4.27. The van der Waals surface area contributed by atoms with E-state index in [9.17, 15) is 9.90 Å². The Balaban J connectivity index is 1.72. The molecule has 0 atom stereocenters. The lowest BCUT2D eigenvalue weighted by atomic mass is 9.97. The molecule has 1 N–H and O–H groups in total.